The van der Waals surface area contributed by atoms with Crippen LogP contribution in [0.4, 0.5) is 30.6 Å². The first kappa shape index (κ1) is 26.4. The van der Waals surface area contributed by atoms with Gasteiger partial charge in [0.2, 0.25) is 5.95 Å². The number of ether oxygens (including phenoxy) is 1. The van der Waals surface area contributed by atoms with E-state index in [1.165, 1.54) is 18.3 Å². The van der Waals surface area contributed by atoms with Crippen LogP contribution >= 0.6 is 12.4 Å². The van der Waals surface area contributed by atoms with Crippen molar-refractivity contribution in [1.29, 1.82) is 0 Å². The second-order valence-corrected chi connectivity index (χ2v) is 8.59. The molecular weight excluding hydrogens is 517 g/mol. The van der Waals surface area contributed by atoms with Crippen molar-refractivity contribution in [3.63, 3.8) is 0 Å². The van der Waals surface area contributed by atoms with Crippen LogP contribution in [0.1, 0.15) is 11.1 Å². The fraction of sp³-hybridized carbons (Fsp3) is 0.409. The zero-order valence-corrected chi connectivity index (χ0v) is 20.3. The quantitative estimate of drug-likeness (QED) is 0.372. The number of hydrogen-bond acceptors (Lipinski definition) is 9. The number of anilines is 2. The number of fused-ring (bicyclic) bond motifs is 1. The Morgan fingerprint density at radius 3 is 2.35 bits per heavy atom. The molecule has 5 rings (SSSR count). The molecule has 2 aliphatic rings. The first-order chi connectivity index (χ1) is 17.3. The highest BCUT2D eigenvalue weighted by Gasteiger charge is 2.30. The van der Waals surface area contributed by atoms with Crippen molar-refractivity contribution in [3.05, 3.63) is 64.1 Å². The number of halogens is 4. The van der Waals surface area contributed by atoms with Crippen molar-refractivity contribution in [1.82, 2.24) is 24.8 Å². The zero-order chi connectivity index (χ0) is 25.3. The molecule has 1 fully saturated rings. The molecule has 15 heteroatoms. The van der Waals surface area contributed by atoms with Gasteiger partial charge in [0.25, 0.3) is 0 Å². The Balaban J connectivity index is 0.00000320. The summed E-state index contributed by atoms with van der Waals surface area (Å²) in [6.45, 7) is 3.94. The maximum atomic E-state index is 12.8. The summed E-state index contributed by atoms with van der Waals surface area (Å²) < 4.78 is 45.5. The Labute approximate surface area is 215 Å². The third kappa shape index (κ3) is 6.02. The summed E-state index contributed by atoms with van der Waals surface area (Å²) in [7, 11) is 0. The number of hydrogen-bond donors (Lipinski definition) is 1. The number of nitrogens with one attached hydrogen (secondary N) is 1. The second kappa shape index (κ2) is 10.8. The predicted octanol–water partition coefficient (Wildman–Crippen LogP) is 2.90. The number of aromatic nitrogens is 4. The van der Waals surface area contributed by atoms with E-state index < -0.39 is 16.7 Å². The molecule has 11 nitrogen and oxygen atoms in total. The largest absolute Gasteiger partial charge is 0.444 e. The maximum absolute atomic E-state index is 12.8. The van der Waals surface area contributed by atoms with Gasteiger partial charge in [-0.15, -0.1) is 12.4 Å². The molecule has 4 heterocycles. The van der Waals surface area contributed by atoms with Crippen LogP contribution in [-0.2, 0) is 19.3 Å². The SMILES string of the molecule is Cl.O=[N+]([O-])c1cn2c(n1)OC[C@@H](NCc1cnc(N3CCN(c4ccc(C(F)(F)F)cc4)CC3)nc1)C2. The number of piperazine rings is 1. The molecule has 1 aromatic carbocycles. The van der Waals surface area contributed by atoms with Gasteiger partial charge >= 0.3 is 18.0 Å². The summed E-state index contributed by atoms with van der Waals surface area (Å²) in [6, 6.07) is 5.41. The van der Waals surface area contributed by atoms with E-state index >= 15 is 0 Å². The molecule has 198 valence electrons. The van der Waals surface area contributed by atoms with Gasteiger partial charge in [-0.25, -0.2) is 9.97 Å². The van der Waals surface area contributed by atoms with Crippen LogP contribution in [0.3, 0.4) is 0 Å². The van der Waals surface area contributed by atoms with Crippen molar-refractivity contribution in [2.75, 3.05) is 42.6 Å². The molecule has 3 aromatic rings. The maximum Gasteiger partial charge on any atom is 0.416 e. The number of alkyl halides is 3. The lowest BCUT2D eigenvalue weighted by atomic mass is 10.1. The van der Waals surface area contributed by atoms with Crippen LogP contribution < -0.4 is 19.9 Å². The molecule has 0 aliphatic carbocycles. The molecule has 0 bridgehead atoms. The van der Waals surface area contributed by atoms with Crippen molar-refractivity contribution in [3.8, 4) is 6.01 Å². The monoisotopic (exact) mass is 540 g/mol. The Bertz CT molecular complexity index is 1220. The third-order valence-corrected chi connectivity index (χ3v) is 6.15. The lowest BCUT2D eigenvalue weighted by Crippen LogP contribution is -2.47. The Morgan fingerprint density at radius 1 is 1.08 bits per heavy atom. The third-order valence-electron chi connectivity index (χ3n) is 6.15. The lowest BCUT2D eigenvalue weighted by molar-refractivity contribution is -0.389. The average molecular weight is 541 g/mol. The summed E-state index contributed by atoms with van der Waals surface area (Å²) in [5, 5.41) is 14.2. The normalized spacial score (nSPS) is 17.5. The Kier molecular flexibility index (Phi) is 7.68. The second-order valence-electron chi connectivity index (χ2n) is 8.59. The van der Waals surface area contributed by atoms with Crippen LogP contribution in [0.2, 0.25) is 0 Å². The average Bonchev–Trinajstić information content (AvgIpc) is 3.32. The number of imidazole rings is 1. The molecule has 1 N–H and O–H groups in total. The van der Waals surface area contributed by atoms with Crippen molar-refractivity contribution < 1.29 is 22.8 Å². The summed E-state index contributed by atoms with van der Waals surface area (Å²) >= 11 is 0. The van der Waals surface area contributed by atoms with Crippen LogP contribution in [-0.4, -0.2) is 63.3 Å². The van der Waals surface area contributed by atoms with E-state index in [2.05, 4.69) is 20.3 Å². The zero-order valence-electron chi connectivity index (χ0n) is 19.5. The smallest absolute Gasteiger partial charge is 0.416 e. The fourth-order valence-electron chi connectivity index (χ4n) is 4.20. The predicted molar refractivity (Wildman–Crippen MR) is 130 cm³/mol. The molecule has 0 unspecified atom stereocenters. The topological polar surface area (TPSA) is 114 Å². The van der Waals surface area contributed by atoms with E-state index in [4.69, 9.17) is 4.74 Å². The molecule has 0 radical (unpaired) electrons. The van der Waals surface area contributed by atoms with E-state index in [0.717, 1.165) is 23.4 Å². The molecule has 2 aromatic heterocycles. The lowest BCUT2D eigenvalue weighted by Gasteiger charge is -2.36. The van der Waals surface area contributed by atoms with Crippen molar-refractivity contribution >= 4 is 29.9 Å². The number of nitrogens with zero attached hydrogens (tertiary/aromatic N) is 7. The molecular formula is C22H24ClF3N8O3. The van der Waals surface area contributed by atoms with Crippen LogP contribution in [0.5, 0.6) is 6.01 Å². The van der Waals surface area contributed by atoms with Crippen LogP contribution in [0.25, 0.3) is 0 Å². The molecule has 37 heavy (non-hydrogen) atoms. The standard InChI is InChI=1S/C22H23F3N8O3.ClH/c23-22(24,25)16-1-3-18(4-2-16)30-5-7-31(8-6-30)20-27-10-15(11-28-20)9-26-17-12-32-13-19(33(34)35)29-21(32)36-14-17;/h1-4,10-11,13,17,26H,5-9,12,14H2;1H/t17-;/m0./s1. The summed E-state index contributed by atoms with van der Waals surface area (Å²) in [4.78, 5) is 27.2. The van der Waals surface area contributed by atoms with Gasteiger partial charge in [-0.3, -0.25) is 4.57 Å². The first-order valence-electron chi connectivity index (χ1n) is 11.3. The van der Waals surface area contributed by atoms with E-state index in [0.29, 0.717) is 51.8 Å². The molecule has 0 amide bonds. The number of nitro groups is 1. The Hall–Kier alpha value is -3.65. The van der Waals surface area contributed by atoms with E-state index in [1.807, 2.05) is 9.80 Å². The fourth-order valence-corrected chi connectivity index (χ4v) is 4.20. The van der Waals surface area contributed by atoms with E-state index in [9.17, 15) is 23.3 Å². The molecule has 2 aliphatic heterocycles. The Morgan fingerprint density at radius 2 is 1.73 bits per heavy atom. The highest BCUT2D eigenvalue weighted by molar-refractivity contribution is 5.85. The van der Waals surface area contributed by atoms with Gasteiger partial charge in [0, 0.05) is 67.9 Å². The molecule has 0 spiro atoms. The van der Waals surface area contributed by atoms with Gasteiger partial charge in [-0.05, 0) is 29.2 Å². The summed E-state index contributed by atoms with van der Waals surface area (Å²) in [5.74, 6) is 0.358. The molecule has 1 atom stereocenters. The highest BCUT2D eigenvalue weighted by atomic mass is 35.5. The highest BCUT2D eigenvalue weighted by Crippen LogP contribution is 2.31. The minimum absolute atomic E-state index is 0. The minimum Gasteiger partial charge on any atom is -0.444 e. The van der Waals surface area contributed by atoms with E-state index in [1.54, 1.807) is 17.0 Å². The summed E-state index contributed by atoms with van der Waals surface area (Å²) in [5.41, 5.74) is 0.984. The summed E-state index contributed by atoms with van der Waals surface area (Å²) in [6.07, 6.45) is 0.509. The molecule has 0 saturated carbocycles. The van der Waals surface area contributed by atoms with Gasteiger partial charge in [-0.2, -0.15) is 13.2 Å². The van der Waals surface area contributed by atoms with Gasteiger partial charge in [-0.1, -0.05) is 0 Å². The van der Waals surface area contributed by atoms with Gasteiger partial charge in [0.05, 0.1) is 11.6 Å². The van der Waals surface area contributed by atoms with Crippen LogP contribution in [0.15, 0.2) is 42.9 Å². The molecule has 1 saturated heterocycles. The van der Waals surface area contributed by atoms with Gasteiger partial charge in [0.15, 0.2) is 0 Å². The number of benzene rings is 1. The van der Waals surface area contributed by atoms with Crippen molar-refractivity contribution in [2.45, 2.75) is 25.3 Å². The van der Waals surface area contributed by atoms with Crippen molar-refractivity contribution in [2.24, 2.45) is 0 Å². The number of rotatable bonds is 6. The minimum atomic E-state index is -4.34. The van der Waals surface area contributed by atoms with Crippen LogP contribution in [0, 0.1) is 10.1 Å². The van der Waals surface area contributed by atoms with Gasteiger partial charge in [0.1, 0.15) is 12.8 Å². The first-order valence-corrected chi connectivity index (χ1v) is 11.3. The van der Waals surface area contributed by atoms with Gasteiger partial charge < -0.3 is 30.0 Å². The van der Waals surface area contributed by atoms with E-state index in [-0.39, 0.29) is 30.3 Å².